The number of benzene rings is 1. The molecule has 1 fully saturated rings. The molecule has 0 spiro atoms. The molecule has 0 saturated carbocycles. The van der Waals surface area contributed by atoms with Gasteiger partial charge in [0.05, 0.1) is 5.69 Å². The minimum Gasteiger partial charge on any atom is -0.356 e. The van der Waals surface area contributed by atoms with Crippen LogP contribution in [0.3, 0.4) is 0 Å². The molecule has 0 amide bonds. The number of hydrogen-bond donors (Lipinski definition) is 1. The molecule has 2 aromatic rings. The van der Waals surface area contributed by atoms with Crippen molar-refractivity contribution in [2.45, 2.75) is 39.5 Å². The van der Waals surface area contributed by atoms with Crippen LogP contribution in [0, 0.1) is 5.92 Å². The maximum absolute atomic E-state index is 4.78. The van der Waals surface area contributed by atoms with Gasteiger partial charge in [0.1, 0.15) is 5.82 Å². The average Bonchev–Trinajstić information content (AvgIpc) is 2.63. The fourth-order valence-electron chi connectivity index (χ4n) is 3.03. The Hall–Kier alpha value is -2.10. The second-order valence-corrected chi connectivity index (χ2v) is 6.96. The van der Waals surface area contributed by atoms with Crippen LogP contribution in [0.15, 0.2) is 36.4 Å². The number of anilines is 2. The lowest BCUT2D eigenvalue weighted by molar-refractivity contribution is 0.573. The van der Waals surface area contributed by atoms with Crippen molar-refractivity contribution in [3.63, 3.8) is 0 Å². The molecule has 4 heteroatoms. The number of rotatable bonds is 6. The van der Waals surface area contributed by atoms with E-state index in [-0.39, 0.29) is 0 Å². The zero-order valence-electron chi connectivity index (χ0n) is 14.8. The minimum atomic E-state index is 0.677. The lowest BCUT2D eigenvalue weighted by Crippen LogP contribution is -2.30. The SMILES string of the molecule is CC(C)CCNc1nc(-c2ccccc2)cc(N2CCCCC2)n1. The van der Waals surface area contributed by atoms with E-state index in [4.69, 9.17) is 9.97 Å². The van der Waals surface area contributed by atoms with E-state index in [0.29, 0.717) is 5.92 Å². The van der Waals surface area contributed by atoms with Gasteiger partial charge in [-0.2, -0.15) is 4.98 Å². The van der Waals surface area contributed by atoms with Crippen molar-refractivity contribution in [3.8, 4) is 11.3 Å². The lowest BCUT2D eigenvalue weighted by atomic mass is 10.1. The number of nitrogens with zero attached hydrogens (tertiary/aromatic N) is 3. The predicted molar refractivity (Wildman–Crippen MR) is 101 cm³/mol. The van der Waals surface area contributed by atoms with Crippen molar-refractivity contribution in [2.75, 3.05) is 29.9 Å². The highest BCUT2D eigenvalue weighted by atomic mass is 15.2. The molecule has 0 unspecified atom stereocenters. The van der Waals surface area contributed by atoms with E-state index in [1.165, 1.54) is 19.3 Å². The second-order valence-electron chi connectivity index (χ2n) is 6.96. The number of piperidine rings is 1. The molecular weight excluding hydrogens is 296 g/mol. The second kappa shape index (κ2) is 8.13. The van der Waals surface area contributed by atoms with Crippen LogP contribution in [0.25, 0.3) is 11.3 Å². The quantitative estimate of drug-likeness (QED) is 0.843. The summed E-state index contributed by atoms with van der Waals surface area (Å²) in [6.45, 7) is 7.58. The first-order chi connectivity index (χ1) is 11.7. The van der Waals surface area contributed by atoms with Gasteiger partial charge < -0.3 is 10.2 Å². The highest BCUT2D eigenvalue weighted by Gasteiger charge is 2.15. The fourth-order valence-corrected chi connectivity index (χ4v) is 3.03. The van der Waals surface area contributed by atoms with Gasteiger partial charge in [-0.25, -0.2) is 4.98 Å². The van der Waals surface area contributed by atoms with E-state index in [1.807, 2.05) is 6.07 Å². The molecule has 1 aliphatic rings. The Morgan fingerprint density at radius 2 is 1.79 bits per heavy atom. The third kappa shape index (κ3) is 4.47. The monoisotopic (exact) mass is 324 g/mol. The number of hydrogen-bond acceptors (Lipinski definition) is 4. The van der Waals surface area contributed by atoms with Crippen LogP contribution >= 0.6 is 0 Å². The molecular formula is C20H28N4. The minimum absolute atomic E-state index is 0.677. The molecule has 0 radical (unpaired) electrons. The van der Waals surface area contributed by atoms with Crippen LogP contribution in [0.2, 0.25) is 0 Å². The summed E-state index contributed by atoms with van der Waals surface area (Å²) >= 11 is 0. The molecule has 0 atom stereocenters. The van der Waals surface area contributed by atoms with Gasteiger partial charge in [0.25, 0.3) is 0 Å². The summed E-state index contributed by atoms with van der Waals surface area (Å²) in [5.41, 5.74) is 2.14. The summed E-state index contributed by atoms with van der Waals surface area (Å²) in [6.07, 6.45) is 4.95. The summed E-state index contributed by atoms with van der Waals surface area (Å²) in [5, 5.41) is 3.42. The van der Waals surface area contributed by atoms with Gasteiger partial charge >= 0.3 is 0 Å². The van der Waals surface area contributed by atoms with E-state index in [2.05, 4.69) is 54.4 Å². The first-order valence-corrected chi connectivity index (χ1v) is 9.16. The van der Waals surface area contributed by atoms with Gasteiger partial charge in [-0.15, -0.1) is 0 Å². The lowest BCUT2D eigenvalue weighted by Gasteiger charge is -2.28. The molecule has 1 aliphatic heterocycles. The van der Waals surface area contributed by atoms with E-state index in [1.54, 1.807) is 0 Å². The van der Waals surface area contributed by atoms with Crippen molar-refractivity contribution in [1.29, 1.82) is 0 Å². The number of aromatic nitrogens is 2. The fraction of sp³-hybridized carbons (Fsp3) is 0.500. The maximum Gasteiger partial charge on any atom is 0.225 e. The maximum atomic E-state index is 4.78. The largest absolute Gasteiger partial charge is 0.356 e. The van der Waals surface area contributed by atoms with Crippen LogP contribution in [0.4, 0.5) is 11.8 Å². The number of nitrogens with one attached hydrogen (secondary N) is 1. The molecule has 1 N–H and O–H groups in total. The molecule has 0 bridgehead atoms. The van der Waals surface area contributed by atoms with Crippen molar-refractivity contribution >= 4 is 11.8 Å². The first kappa shape index (κ1) is 16.7. The van der Waals surface area contributed by atoms with Gasteiger partial charge in [0, 0.05) is 31.3 Å². The topological polar surface area (TPSA) is 41.1 Å². The first-order valence-electron chi connectivity index (χ1n) is 9.16. The molecule has 1 aromatic carbocycles. The Bertz CT molecular complexity index is 633. The van der Waals surface area contributed by atoms with E-state index in [0.717, 1.165) is 49.1 Å². The van der Waals surface area contributed by atoms with Gasteiger partial charge in [-0.1, -0.05) is 44.2 Å². The third-order valence-corrected chi connectivity index (χ3v) is 4.47. The Balaban J connectivity index is 1.86. The Morgan fingerprint density at radius 3 is 2.50 bits per heavy atom. The van der Waals surface area contributed by atoms with Crippen LogP contribution < -0.4 is 10.2 Å². The van der Waals surface area contributed by atoms with Crippen molar-refractivity contribution < 1.29 is 0 Å². The van der Waals surface area contributed by atoms with Crippen molar-refractivity contribution in [3.05, 3.63) is 36.4 Å². The van der Waals surface area contributed by atoms with Crippen LogP contribution in [0.1, 0.15) is 39.5 Å². The standard InChI is InChI=1S/C20H28N4/c1-16(2)11-12-21-20-22-18(17-9-5-3-6-10-17)15-19(23-20)24-13-7-4-8-14-24/h3,5-6,9-10,15-16H,4,7-8,11-14H2,1-2H3,(H,21,22,23). The van der Waals surface area contributed by atoms with Crippen LogP contribution in [0.5, 0.6) is 0 Å². The average molecular weight is 324 g/mol. The summed E-state index contributed by atoms with van der Waals surface area (Å²) in [7, 11) is 0. The van der Waals surface area contributed by atoms with Gasteiger partial charge in [-0.05, 0) is 31.6 Å². The molecule has 128 valence electrons. The molecule has 0 aliphatic carbocycles. The summed E-state index contributed by atoms with van der Waals surface area (Å²) in [4.78, 5) is 11.9. The molecule has 4 nitrogen and oxygen atoms in total. The van der Waals surface area contributed by atoms with Crippen molar-refractivity contribution in [1.82, 2.24) is 9.97 Å². The molecule has 1 saturated heterocycles. The highest BCUT2D eigenvalue weighted by Crippen LogP contribution is 2.25. The molecule has 3 rings (SSSR count). The normalized spacial score (nSPS) is 14.9. The van der Waals surface area contributed by atoms with Gasteiger partial charge in [0.15, 0.2) is 0 Å². The summed E-state index contributed by atoms with van der Waals surface area (Å²) in [5.74, 6) is 2.48. The van der Waals surface area contributed by atoms with Gasteiger partial charge in [-0.3, -0.25) is 0 Å². The molecule has 2 heterocycles. The van der Waals surface area contributed by atoms with Crippen LogP contribution in [-0.2, 0) is 0 Å². The zero-order valence-corrected chi connectivity index (χ0v) is 14.8. The Kier molecular flexibility index (Phi) is 5.68. The van der Waals surface area contributed by atoms with Crippen molar-refractivity contribution in [2.24, 2.45) is 5.92 Å². The van der Waals surface area contributed by atoms with E-state index < -0.39 is 0 Å². The molecule has 1 aromatic heterocycles. The zero-order chi connectivity index (χ0) is 16.8. The van der Waals surface area contributed by atoms with E-state index >= 15 is 0 Å². The molecule has 24 heavy (non-hydrogen) atoms. The Morgan fingerprint density at radius 1 is 1.04 bits per heavy atom. The van der Waals surface area contributed by atoms with Gasteiger partial charge in [0.2, 0.25) is 5.95 Å². The highest BCUT2D eigenvalue weighted by molar-refractivity contribution is 5.64. The summed E-state index contributed by atoms with van der Waals surface area (Å²) < 4.78 is 0. The smallest absolute Gasteiger partial charge is 0.225 e. The van der Waals surface area contributed by atoms with Crippen LogP contribution in [-0.4, -0.2) is 29.6 Å². The predicted octanol–water partition coefficient (Wildman–Crippen LogP) is 4.59. The Labute approximate surface area is 145 Å². The summed E-state index contributed by atoms with van der Waals surface area (Å²) in [6, 6.07) is 12.5. The van der Waals surface area contributed by atoms with E-state index in [9.17, 15) is 0 Å². The third-order valence-electron chi connectivity index (χ3n) is 4.47.